The first kappa shape index (κ1) is 18.2. The Balaban J connectivity index is 1.85. The minimum Gasteiger partial charge on any atom is -0.461 e. The van der Waals surface area contributed by atoms with Crippen molar-refractivity contribution in [2.24, 2.45) is 11.8 Å². The van der Waals surface area contributed by atoms with Crippen LogP contribution in [0.1, 0.15) is 13.8 Å². The second kappa shape index (κ2) is 6.45. The molecule has 0 aromatic carbocycles. The van der Waals surface area contributed by atoms with Gasteiger partial charge in [0.25, 0.3) is 0 Å². The van der Waals surface area contributed by atoms with E-state index in [4.69, 9.17) is 9.47 Å². The molecule has 4 aliphatic rings. The number of fused-ring (bicyclic) bond motifs is 2. The molecule has 2 saturated heterocycles. The van der Waals surface area contributed by atoms with Gasteiger partial charge in [0, 0.05) is 19.1 Å². The van der Waals surface area contributed by atoms with Crippen LogP contribution in [0, 0.1) is 11.8 Å². The van der Waals surface area contributed by atoms with Gasteiger partial charge in [-0.25, -0.2) is 0 Å². The number of aliphatic hydroxyl groups is 1. The van der Waals surface area contributed by atoms with E-state index < -0.39 is 35.6 Å². The lowest BCUT2D eigenvalue weighted by Gasteiger charge is -2.36. The highest BCUT2D eigenvalue weighted by atomic mass is 16.6. The van der Waals surface area contributed by atoms with E-state index >= 15 is 0 Å². The average Bonchev–Trinajstić information content (AvgIpc) is 2.90. The molecule has 4 aliphatic heterocycles. The number of likely N-dealkylation sites (tertiary alicyclic amines) is 1. The quantitative estimate of drug-likeness (QED) is 0.526. The second-order valence-corrected chi connectivity index (χ2v) is 7.64. The van der Waals surface area contributed by atoms with E-state index in [1.54, 1.807) is 23.1 Å². The van der Waals surface area contributed by atoms with Gasteiger partial charge in [-0.05, 0) is 19.9 Å². The van der Waals surface area contributed by atoms with E-state index in [0.29, 0.717) is 6.54 Å². The van der Waals surface area contributed by atoms with Gasteiger partial charge in [-0.1, -0.05) is 18.2 Å². The molecule has 5 atom stereocenters. The zero-order valence-corrected chi connectivity index (χ0v) is 15.4. The Morgan fingerprint density at radius 3 is 2.74 bits per heavy atom. The van der Waals surface area contributed by atoms with Crippen molar-refractivity contribution in [3.8, 4) is 0 Å². The van der Waals surface area contributed by atoms with Gasteiger partial charge < -0.3 is 24.4 Å². The molecule has 8 heteroatoms. The molecule has 146 valence electrons. The Labute approximate surface area is 157 Å². The van der Waals surface area contributed by atoms with Crippen LogP contribution in [0.2, 0.25) is 0 Å². The van der Waals surface area contributed by atoms with Crippen LogP contribution in [-0.4, -0.2) is 82.8 Å². The van der Waals surface area contributed by atoms with Crippen LogP contribution >= 0.6 is 0 Å². The lowest BCUT2D eigenvalue weighted by Crippen LogP contribution is -2.56. The summed E-state index contributed by atoms with van der Waals surface area (Å²) < 4.78 is 11.5. The fraction of sp³-hybridized carbons (Fsp3) is 0.632. The van der Waals surface area contributed by atoms with Crippen molar-refractivity contribution in [2.75, 3.05) is 26.3 Å². The minimum absolute atomic E-state index is 0.0128. The molecule has 0 aliphatic carbocycles. The molecule has 2 amide bonds. The number of cyclic esters (lactones) is 1. The van der Waals surface area contributed by atoms with Gasteiger partial charge in [0.2, 0.25) is 11.8 Å². The lowest BCUT2D eigenvalue weighted by atomic mass is 9.78. The molecule has 8 nitrogen and oxygen atoms in total. The first-order chi connectivity index (χ1) is 12.9. The highest BCUT2D eigenvalue weighted by Crippen LogP contribution is 2.53. The predicted molar refractivity (Wildman–Crippen MR) is 93.3 cm³/mol. The summed E-state index contributed by atoms with van der Waals surface area (Å²) >= 11 is 0. The van der Waals surface area contributed by atoms with Gasteiger partial charge in [-0.3, -0.25) is 14.4 Å². The van der Waals surface area contributed by atoms with Crippen molar-refractivity contribution < 1.29 is 29.0 Å². The number of ether oxygens (including phenoxy) is 2. The molecule has 2 fully saturated rings. The van der Waals surface area contributed by atoms with Gasteiger partial charge in [0.15, 0.2) is 0 Å². The van der Waals surface area contributed by atoms with Crippen molar-refractivity contribution in [3.05, 3.63) is 24.3 Å². The molecular weight excluding hydrogens is 352 g/mol. The summed E-state index contributed by atoms with van der Waals surface area (Å²) in [5.41, 5.74) is -1.23. The number of hydrogen-bond donors (Lipinski definition) is 1. The standard InChI is InChI=1S/C19H24N2O6/c1-11(2)20-7-4-6-19-14(13-12(27-19)5-3-10-26-18(13)25)16(23)21(8-9-22)15(19)17(20)24/h3-6,11-15,22H,7-10H2,1-2H3/t12-,13+,14+,15?,19+/m1/s1. The molecule has 1 spiro atoms. The van der Waals surface area contributed by atoms with Gasteiger partial charge >= 0.3 is 5.97 Å². The van der Waals surface area contributed by atoms with Crippen LogP contribution in [-0.2, 0) is 23.9 Å². The maximum atomic E-state index is 13.4. The average molecular weight is 376 g/mol. The molecule has 0 saturated carbocycles. The lowest BCUT2D eigenvalue weighted by molar-refractivity contribution is -0.153. The van der Waals surface area contributed by atoms with Crippen LogP contribution in [0.4, 0.5) is 0 Å². The fourth-order valence-electron chi connectivity index (χ4n) is 4.80. The summed E-state index contributed by atoms with van der Waals surface area (Å²) in [7, 11) is 0. The normalized spacial score (nSPS) is 37.9. The largest absolute Gasteiger partial charge is 0.461 e. The van der Waals surface area contributed by atoms with Crippen LogP contribution in [0.25, 0.3) is 0 Å². The minimum atomic E-state index is -1.23. The number of nitrogens with zero attached hydrogens (tertiary/aromatic N) is 2. The summed E-state index contributed by atoms with van der Waals surface area (Å²) in [5, 5.41) is 9.48. The Kier molecular flexibility index (Phi) is 4.35. The van der Waals surface area contributed by atoms with Crippen molar-refractivity contribution >= 4 is 17.8 Å². The third kappa shape index (κ3) is 2.46. The van der Waals surface area contributed by atoms with Crippen molar-refractivity contribution in [3.63, 3.8) is 0 Å². The molecule has 0 aromatic rings. The van der Waals surface area contributed by atoms with Crippen LogP contribution < -0.4 is 0 Å². The third-order valence-corrected chi connectivity index (χ3v) is 5.91. The number of carbonyl (C=O) groups is 3. The van der Waals surface area contributed by atoms with Gasteiger partial charge in [-0.2, -0.15) is 0 Å². The molecule has 0 aromatic heterocycles. The van der Waals surface area contributed by atoms with E-state index in [2.05, 4.69) is 0 Å². The van der Waals surface area contributed by atoms with Gasteiger partial charge in [-0.15, -0.1) is 0 Å². The van der Waals surface area contributed by atoms with Crippen molar-refractivity contribution in [1.82, 2.24) is 9.80 Å². The summed E-state index contributed by atoms with van der Waals surface area (Å²) in [6.45, 7) is 4.10. The maximum Gasteiger partial charge on any atom is 0.313 e. The van der Waals surface area contributed by atoms with Gasteiger partial charge in [0.1, 0.15) is 24.2 Å². The zero-order valence-electron chi connectivity index (χ0n) is 15.4. The topological polar surface area (TPSA) is 96.4 Å². The molecule has 1 N–H and O–H groups in total. The number of β-amino-alcohol motifs (C(OH)–C–C–N with tert-alkyl or cyclic N) is 1. The summed E-state index contributed by atoms with van der Waals surface area (Å²) in [4.78, 5) is 42.3. The fourth-order valence-corrected chi connectivity index (χ4v) is 4.80. The number of hydrogen-bond acceptors (Lipinski definition) is 6. The van der Waals surface area contributed by atoms with Crippen LogP contribution in [0.5, 0.6) is 0 Å². The second-order valence-electron chi connectivity index (χ2n) is 7.64. The highest BCUT2D eigenvalue weighted by Gasteiger charge is 2.71. The molecule has 0 bridgehead atoms. The van der Waals surface area contributed by atoms with Crippen molar-refractivity contribution in [2.45, 2.75) is 37.6 Å². The number of rotatable bonds is 3. The van der Waals surface area contributed by atoms with E-state index in [9.17, 15) is 19.5 Å². The summed E-state index contributed by atoms with van der Waals surface area (Å²) in [6, 6.07) is -0.962. The molecule has 0 radical (unpaired) electrons. The van der Waals surface area contributed by atoms with E-state index in [-0.39, 0.29) is 37.6 Å². The molecule has 4 rings (SSSR count). The summed E-state index contributed by atoms with van der Waals surface area (Å²) in [6.07, 6.45) is 6.44. The maximum absolute atomic E-state index is 13.4. The number of esters is 1. The number of carbonyl (C=O) groups excluding carboxylic acids is 3. The predicted octanol–water partition coefficient (Wildman–Crippen LogP) is -0.521. The number of aliphatic hydroxyl groups excluding tert-OH is 1. The number of amides is 2. The zero-order chi connectivity index (χ0) is 19.3. The Morgan fingerprint density at radius 2 is 2.04 bits per heavy atom. The Bertz CT molecular complexity index is 732. The first-order valence-corrected chi connectivity index (χ1v) is 9.33. The summed E-state index contributed by atoms with van der Waals surface area (Å²) in [5.74, 6) is -2.71. The SMILES string of the molecule is CC(C)N1CC=C[C@]23O[C@@H]4C=CCOC(=O)[C@@H]4[C@H]2C(=O)N(CCO)C3C1=O. The van der Waals surface area contributed by atoms with Gasteiger partial charge in [0.05, 0.1) is 18.6 Å². The van der Waals surface area contributed by atoms with Crippen LogP contribution in [0.3, 0.4) is 0 Å². The molecule has 1 unspecified atom stereocenters. The Morgan fingerprint density at radius 1 is 1.26 bits per heavy atom. The smallest absolute Gasteiger partial charge is 0.313 e. The van der Waals surface area contributed by atoms with E-state index in [0.717, 1.165) is 0 Å². The molecule has 4 heterocycles. The Hall–Kier alpha value is -2.19. The molecular formula is C19H24N2O6. The molecule has 27 heavy (non-hydrogen) atoms. The van der Waals surface area contributed by atoms with Crippen molar-refractivity contribution in [1.29, 1.82) is 0 Å². The monoisotopic (exact) mass is 376 g/mol. The highest BCUT2D eigenvalue weighted by molar-refractivity contribution is 5.99. The third-order valence-electron chi connectivity index (χ3n) is 5.91. The van der Waals surface area contributed by atoms with Crippen LogP contribution in [0.15, 0.2) is 24.3 Å². The van der Waals surface area contributed by atoms with E-state index in [1.165, 1.54) is 4.90 Å². The first-order valence-electron chi connectivity index (χ1n) is 9.33. The van der Waals surface area contributed by atoms with E-state index in [1.807, 2.05) is 19.9 Å².